The summed E-state index contributed by atoms with van der Waals surface area (Å²) in [6.45, 7) is 0. The first-order chi connectivity index (χ1) is 4.63. The number of carboxylic acids is 1. The van der Waals surface area contributed by atoms with Gasteiger partial charge in [0.05, 0.1) is 0 Å². The van der Waals surface area contributed by atoms with Crippen LogP contribution in [0.25, 0.3) is 0 Å². The lowest BCUT2D eigenvalue weighted by Gasteiger charge is -1.92. The zero-order valence-corrected chi connectivity index (χ0v) is 5.27. The molecule has 1 heterocycles. The SMILES string of the molecule is [B]c1nnn(C)c1C(=O)O. The van der Waals surface area contributed by atoms with Gasteiger partial charge in [-0.15, -0.1) is 5.10 Å². The number of hydrogen-bond acceptors (Lipinski definition) is 3. The van der Waals surface area contributed by atoms with Crippen molar-refractivity contribution in [1.29, 1.82) is 0 Å². The third kappa shape index (κ3) is 0.875. The van der Waals surface area contributed by atoms with Crippen LogP contribution in [0.15, 0.2) is 0 Å². The molecule has 6 heteroatoms. The Morgan fingerprint density at radius 1 is 1.80 bits per heavy atom. The second kappa shape index (κ2) is 2.13. The Bertz CT molecular complexity index is 250. The smallest absolute Gasteiger partial charge is 0.355 e. The molecule has 0 bridgehead atoms. The molecule has 0 amide bonds. The lowest BCUT2D eigenvalue weighted by Crippen LogP contribution is -2.17. The Morgan fingerprint density at radius 2 is 2.40 bits per heavy atom. The molecule has 5 nitrogen and oxygen atoms in total. The van der Waals surface area contributed by atoms with Crippen molar-refractivity contribution in [2.75, 3.05) is 0 Å². The summed E-state index contributed by atoms with van der Waals surface area (Å²) in [7, 11) is 6.63. The highest BCUT2D eigenvalue weighted by atomic mass is 16.4. The molecule has 1 aromatic rings. The highest BCUT2D eigenvalue weighted by molar-refractivity contribution is 6.34. The lowest BCUT2D eigenvalue weighted by molar-refractivity contribution is 0.0686. The molecule has 1 aromatic heterocycles. The molecule has 0 fully saturated rings. The van der Waals surface area contributed by atoms with E-state index in [1.807, 2.05) is 0 Å². The molecule has 1 rings (SSSR count). The fourth-order valence-corrected chi connectivity index (χ4v) is 0.621. The predicted octanol–water partition coefficient (Wildman–Crippen LogP) is -1.69. The van der Waals surface area contributed by atoms with Crippen molar-refractivity contribution in [2.45, 2.75) is 0 Å². The zero-order valence-electron chi connectivity index (χ0n) is 5.27. The van der Waals surface area contributed by atoms with Crippen molar-refractivity contribution in [3.8, 4) is 0 Å². The minimum absolute atomic E-state index is 0.0602. The molecule has 2 radical (unpaired) electrons. The van der Waals surface area contributed by atoms with Crippen molar-refractivity contribution in [1.82, 2.24) is 15.0 Å². The highest BCUT2D eigenvalue weighted by Crippen LogP contribution is 1.87. The average molecular weight is 137 g/mol. The molecule has 0 aliphatic carbocycles. The topological polar surface area (TPSA) is 68.0 Å². The largest absolute Gasteiger partial charge is 0.476 e. The van der Waals surface area contributed by atoms with E-state index in [0.29, 0.717) is 0 Å². The standard InChI is InChI=1S/C4H4BN3O2/c1-8-2(4(9)10)3(5)6-7-8/h1H3,(H,9,10). The summed E-state index contributed by atoms with van der Waals surface area (Å²) in [5, 5.41) is 15.2. The number of rotatable bonds is 1. The Kier molecular flexibility index (Phi) is 1.45. The third-order valence-electron chi connectivity index (χ3n) is 1.06. The van der Waals surface area contributed by atoms with Crippen LogP contribution in [0.3, 0.4) is 0 Å². The van der Waals surface area contributed by atoms with Gasteiger partial charge in [-0.1, -0.05) is 5.21 Å². The van der Waals surface area contributed by atoms with Crippen molar-refractivity contribution in [2.24, 2.45) is 7.05 Å². The molecule has 0 unspecified atom stereocenters. The minimum Gasteiger partial charge on any atom is -0.476 e. The van der Waals surface area contributed by atoms with E-state index in [9.17, 15) is 4.79 Å². The number of carbonyl (C=O) groups is 1. The van der Waals surface area contributed by atoms with E-state index in [0.717, 1.165) is 4.68 Å². The van der Waals surface area contributed by atoms with E-state index in [-0.39, 0.29) is 11.3 Å². The monoisotopic (exact) mass is 137 g/mol. The summed E-state index contributed by atoms with van der Waals surface area (Å²) in [5.74, 6) is -1.12. The van der Waals surface area contributed by atoms with Crippen LogP contribution >= 0.6 is 0 Å². The van der Waals surface area contributed by atoms with Gasteiger partial charge in [-0.3, -0.25) is 0 Å². The van der Waals surface area contributed by atoms with Gasteiger partial charge in [0.15, 0.2) is 5.69 Å². The van der Waals surface area contributed by atoms with Crippen LogP contribution in [0.4, 0.5) is 0 Å². The Balaban J connectivity index is 3.23. The second-order valence-corrected chi connectivity index (χ2v) is 1.75. The van der Waals surface area contributed by atoms with Crippen LogP contribution in [-0.2, 0) is 7.05 Å². The number of aryl methyl sites for hydroxylation is 1. The fraction of sp³-hybridized carbons (Fsp3) is 0.250. The third-order valence-corrected chi connectivity index (χ3v) is 1.06. The molecule has 0 saturated heterocycles. The quantitative estimate of drug-likeness (QED) is 0.468. The summed E-state index contributed by atoms with van der Waals surface area (Å²) in [4.78, 5) is 10.3. The van der Waals surface area contributed by atoms with Crippen molar-refractivity contribution < 1.29 is 9.90 Å². The molecule has 0 spiro atoms. The maximum absolute atomic E-state index is 10.3. The number of aromatic nitrogens is 3. The van der Waals surface area contributed by atoms with Gasteiger partial charge in [-0.2, -0.15) is 0 Å². The van der Waals surface area contributed by atoms with Crippen molar-refractivity contribution in [3.05, 3.63) is 5.69 Å². The molecule has 0 saturated carbocycles. The van der Waals surface area contributed by atoms with Crippen LogP contribution in [0, 0.1) is 0 Å². The molecule has 0 aliphatic rings. The molecular formula is C4H4BN3O2. The molecule has 10 heavy (non-hydrogen) atoms. The number of aromatic carboxylic acids is 1. The summed E-state index contributed by atoms with van der Waals surface area (Å²) in [6.07, 6.45) is 0. The average Bonchev–Trinajstić information content (AvgIpc) is 2.11. The van der Waals surface area contributed by atoms with Crippen LogP contribution in [0.2, 0.25) is 0 Å². The normalized spacial score (nSPS) is 9.70. The van der Waals surface area contributed by atoms with E-state index in [2.05, 4.69) is 10.3 Å². The van der Waals surface area contributed by atoms with E-state index in [1.54, 1.807) is 0 Å². The van der Waals surface area contributed by atoms with Crippen molar-refractivity contribution >= 4 is 19.4 Å². The number of carboxylic acid groups (broad SMARTS) is 1. The van der Waals surface area contributed by atoms with Crippen molar-refractivity contribution in [3.63, 3.8) is 0 Å². The first-order valence-corrected chi connectivity index (χ1v) is 2.51. The molecule has 1 N–H and O–H groups in total. The van der Waals surface area contributed by atoms with E-state index >= 15 is 0 Å². The Labute approximate surface area is 58.1 Å². The predicted molar refractivity (Wildman–Crippen MR) is 33.4 cm³/mol. The first kappa shape index (κ1) is 6.79. The fourth-order valence-electron chi connectivity index (χ4n) is 0.621. The van der Waals surface area contributed by atoms with E-state index in [1.165, 1.54) is 7.05 Å². The van der Waals surface area contributed by atoms with Gasteiger partial charge >= 0.3 is 5.97 Å². The number of nitrogens with zero attached hydrogens (tertiary/aromatic N) is 3. The van der Waals surface area contributed by atoms with Crippen LogP contribution in [0.1, 0.15) is 10.5 Å². The Hall–Kier alpha value is -1.33. The van der Waals surface area contributed by atoms with Gasteiger partial charge in [0, 0.05) is 12.6 Å². The molecular weight excluding hydrogens is 133 g/mol. The van der Waals surface area contributed by atoms with Gasteiger partial charge in [0.2, 0.25) is 0 Å². The highest BCUT2D eigenvalue weighted by Gasteiger charge is 2.12. The van der Waals surface area contributed by atoms with Gasteiger partial charge in [-0.05, 0) is 0 Å². The molecule has 0 aliphatic heterocycles. The first-order valence-electron chi connectivity index (χ1n) is 2.51. The maximum Gasteiger partial charge on any atom is 0.355 e. The summed E-state index contributed by atoms with van der Waals surface area (Å²) in [5.41, 5.74) is -0.144. The Morgan fingerprint density at radius 3 is 2.60 bits per heavy atom. The van der Waals surface area contributed by atoms with Crippen LogP contribution in [-0.4, -0.2) is 33.9 Å². The lowest BCUT2D eigenvalue weighted by atomic mass is 10.0. The minimum atomic E-state index is -1.12. The van der Waals surface area contributed by atoms with Gasteiger partial charge < -0.3 is 5.11 Å². The van der Waals surface area contributed by atoms with Gasteiger partial charge in [0.1, 0.15) is 7.85 Å². The molecule has 0 atom stereocenters. The summed E-state index contributed by atoms with van der Waals surface area (Å²) < 4.78 is 1.11. The maximum atomic E-state index is 10.3. The van der Waals surface area contributed by atoms with Crippen LogP contribution < -0.4 is 5.59 Å². The van der Waals surface area contributed by atoms with E-state index in [4.69, 9.17) is 13.0 Å². The number of hydrogen-bond donors (Lipinski definition) is 1. The molecule has 0 aromatic carbocycles. The second-order valence-electron chi connectivity index (χ2n) is 1.75. The van der Waals surface area contributed by atoms with Gasteiger partial charge in [0.25, 0.3) is 0 Å². The van der Waals surface area contributed by atoms with Crippen LogP contribution in [0.5, 0.6) is 0 Å². The summed E-state index contributed by atoms with van der Waals surface area (Å²) in [6, 6.07) is 0. The summed E-state index contributed by atoms with van der Waals surface area (Å²) >= 11 is 0. The van der Waals surface area contributed by atoms with E-state index < -0.39 is 5.97 Å². The molecule has 50 valence electrons. The van der Waals surface area contributed by atoms with Gasteiger partial charge in [-0.25, -0.2) is 9.48 Å². The zero-order chi connectivity index (χ0) is 7.72.